The molecule has 0 amide bonds. The maximum Gasteiger partial charge on any atom is 0.229 e. The van der Waals surface area contributed by atoms with Crippen molar-refractivity contribution in [3.05, 3.63) is 35.5 Å². The number of halogens is 2. The average molecular weight is 293 g/mol. The molecule has 0 unspecified atom stereocenters. The van der Waals surface area contributed by atoms with Gasteiger partial charge in [-0.2, -0.15) is 4.98 Å². The SMILES string of the molecule is Fc1cc2c(cc1F)N(Cc1noc(C3CC3)n1)CCO2. The van der Waals surface area contributed by atoms with E-state index >= 15 is 0 Å². The number of ether oxygens (including phenoxy) is 1. The predicted octanol–water partition coefficient (Wildman–Crippen LogP) is 2.62. The van der Waals surface area contributed by atoms with Crippen molar-refractivity contribution in [2.75, 3.05) is 18.1 Å². The minimum absolute atomic E-state index is 0.339. The van der Waals surface area contributed by atoms with Crippen LogP contribution in [0.15, 0.2) is 16.7 Å². The van der Waals surface area contributed by atoms with Crippen LogP contribution in [-0.2, 0) is 6.54 Å². The Morgan fingerprint density at radius 1 is 1.24 bits per heavy atom. The van der Waals surface area contributed by atoms with Gasteiger partial charge < -0.3 is 14.2 Å². The van der Waals surface area contributed by atoms with E-state index in [9.17, 15) is 8.78 Å². The summed E-state index contributed by atoms with van der Waals surface area (Å²) in [5.74, 6) is 0.154. The molecule has 1 fully saturated rings. The number of anilines is 1. The molecule has 1 aliphatic heterocycles. The van der Waals surface area contributed by atoms with Gasteiger partial charge in [0.2, 0.25) is 5.89 Å². The van der Waals surface area contributed by atoms with Gasteiger partial charge in [0, 0.05) is 18.1 Å². The molecule has 110 valence electrons. The lowest BCUT2D eigenvalue weighted by atomic mass is 10.2. The summed E-state index contributed by atoms with van der Waals surface area (Å²) < 4.78 is 37.3. The molecule has 7 heteroatoms. The Morgan fingerprint density at radius 2 is 2.05 bits per heavy atom. The first-order valence-electron chi connectivity index (χ1n) is 6.90. The fourth-order valence-electron chi connectivity index (χ4n) is 2.43. The highest BCUT2D eigenvalue weighted by molar-refractivity contribution is 5.60. The van der Waals surface area contributed by atoms with Crippen molar-refractivity contribution in [1.82, 2.24) is 10.1 Å². The second-order valence-electron chi connectivity index (χ2n) is 5.33. The number of rotatable bonds is 3. The number of hydrogen-bond donors (Lipinski definition) is 0. The summed E-state index contributed by atoms with van der Waals surface area (Å²) in [6.45, 7) is 1.36. The highest BCUT2D eigenvalue weighted by atomic mass is 19.2. The van der Waals surface area contributed by atoms with Gasteiger partial charge in [0.1, 0.15) is 12.4 Å². The van der Waals surface area contributed by atoms with Gasteiger partial charge in [-0.15, -0.1) is 0 Å². The third-order valence-corrected chi connectivity index (χ3v) is 3.70. The predicted molar refractivity (Wildman–Crippen MR) is 69.2 cm³/mol. The Bertz CT molecular complexity index is 685. The van der Waals surface area contributed by atoms with Crippen LogP contribution in [0.1, 0.15) is 30.5 Å². The number of benzene rings is 1. The average Bonchev–Trinajstić information content (AvgIpc) is 3.22. The first kappa shape index (κ1) is 12.6. The summed E-state index contributed by atoms with van der Waals surface area (Å²) in [7, 11) is 0. The smallest absolute Gasteiger partial charge is 0.229 e. The standard InChI is InChI=1S/C14H13F2N3O2/c15-9-5-11-12(6-10(9)16)20-4-3-19(11)7-13-17-14(21-18-13)8-1-2-8/h5-6,8H,1-4,7H2. The van der Waals surface area contributed by atoms with E-state index in [0.29, 0.717) is 48.8 Å². The zero-order valence-corrected chi connectivity index (χ0v) is 11.2. The van der Waals surface area contributed by atoms with E-state index in [-0.39, 0.29) is 0 Å². The lowest BCUT2D eigenvalue weighted by molar-refractivity contribution is 0.302. The van der Waals surface area contributed by atoms with E-state index in [1.807, 2.05) is 4.90 Å². The molecule has 2 heterocycles. The molecule has 21 heavy (non-hydrogen) atoms. The second kappa shape index (κ2) is 4.68. The number of aromatic nitrogens is 2. The zero-order valence-electron chi connectivity index (χ0n) is 11.2. The highest BCUT2D eigenvalue weighted by Crippen LogP contribution is 2.39. The third-order valence-electron chi connectivity index (χ3n) is 3.70. The molecule has 2 aliphatic rings. The fourth-order valence-corrected chi connectivity index (χ4v) is 2.43. The first-order valence-corrected chi connectivity index (χ1v) is 6.90. The van der Waals surface area contributed by atoms with Gasteiger partial charge in [-0.05, 0) is 12.8 Å². The van der Waals surface area contributed by atoms with Crippen LogP contribution in [-0.4, -0.2) is 23.3 Å². The van der Waals surface area contributed by atoms with Crippen LogP contribution in [0.4, 0.5) is 14.5 Å². The summed E-state index contributed by atoms with van der Waals surface area (Å²) in [5, 5.41) is 3.95. The largest absolute Gasteiger partial charge is 0.489 e. The van der Waals surface area contributed by atoms with Crippen molar-refractivity contribution in [2.45, 2.75) is 25.3 Å². The molecule has 5 nitrogen and oxygen atoms in total. The first-order chi connectivity index (χ1) is 10.2. The van der Waals surface area contributed by atoms with E-state index < -0.39 is 11.6 Å². The Hall–Kier alpha value is -2.18. The van der Waals surface area contributed by atoms with E-state index in [1.54, 1.807) is 0 Å². The Kier molecular flexibility index (Phi) is 2.80. The highest BCUT2D eigenvalue weighted by Gasteiger charge is 2.30. The summed E-state index contributed by atoms with van der Waals surface area (Å²) >= 11 is 0. The van der Waals surface area contributed by atoms with Crippen molar-refractivity contribution in [3.8, 4) is 5.75 Å². The van der Waals surface area contributed by atoms with Crippen LogP contribution in [0.2, 0.25) is 0 Å². The van der Waals surface area contributed by atoms with Gasteiger partial charge in [0.15, 0.2) is 17.5 Å². The molecule has 1 aromatic heterocycles. The molecule has 0 bridgehead atoms. The Morgan fingerprint density at radius 3 is 2.86 bits per heavy atom. The van der Waals surface area contributed by atoms with E-state index in [1.165, 1.54) is 0 Å². The molecule has 0 saturated heterocycles. The van der Waals surface area contributed by atoms with Gasteiger partial charge in [-0.3, -0.25) is 0 Å². The van der Waals surface area contributed by atoms with Gasteiger partial charge in [0.25, 0.3) is 0 Å². The van der Waals surface area contributed by atoms with Crippen molar-refractivity contribution in [2.24, 2.45) is 0 Å². The molecular formula is C14H13F2N3O2. The van der Waals surface area contributed by atoms with Crippen LogP contribution in [0.3, 0.4) is 0 Å². The maximum atomic E-state index is 13.4. The minimum atomic E-state index is -0.911. The number of hydrogen-bond acceptors (Lipinski definition) is 5. The Labute approximate surface area is 119 Å². The van der Waals surface area contributed by atoms with Crippen LogP contribution < -0.4 is 9.64 Å². The zero-order chi connectivity index (χ0) is 14.4. The topological polar surface area (TPSA) is 51.4 Å². The van der Waals surface area contributed by atoms with E-state index in [2.05, 4.69) is 10.1 Å². The molecule has 1 aliphatic carbocycles. The number of fused-ring (bicyclic) bond motifs is 1. The monoisotopic (exact) mass is 293 g/mol. The summed E-state index contributed by atoms with van der Waals surface area (Å²) in [4.78, 5) is 6.22. The van der Waals surface area contributed by atoms with Gasteiger partial charge in [0.05, 0.1) is 18.8 Å². The van der Waals surface area contributed by atoms with Gasteiger partial charge in [-0.1, -0.05) is 5.16 Å². The van der Waals surface area contributed by atoms with Crippen LogP contribution in [0.5, 0.6) is 5.75 Å². The molecule has 0 radical (unpaired) electrons. The molecule has 1 aromatic carbocycles. The summed E-state index contributed by atoms with van der Waals surface area (Å²) in [6, 6.07) is 2.22. The maximum absolute atomic E-state index is 13.4. The Balaban J connectivity index is 1.59. The van der Waals surface area contributed by atoms with Crippen LogP contribution in [0.25, 0.3) is 0 Å². The fraction of sp³-hybridized carbons (Fsp3) is 0.429. The summed E-state index contributed by atoms with van der Waals surface area (Å²) in [5.41, 5.74) is 0.512. The second-order valence-corrected chi connectivity index (χ2v) is 5.33. The van der Waals surface area contributed by atoms with Crippen molar-refractivity contribution >= 4 is 5.69 Å². The van der Waals surface area contributed by atoms with Gasteiger partial charge in [-0.25, -0.2) is 8.78 Å². The van der Waals surface area contributed by atoms with Crippen molar-refractivity contribution < 1.29 is 18.0 Å². The normalized spacial score (nSPS) is 17.5. The van der Waals surface area contributed by atoms with Gasteiger partial charge >= 0.3 is 0 Å². The molecule has 4 rings (SSSR count). The molecule has 0 atom stereocenters. The molecule has 2 aromatic rings. The van der Waals surface area contributed by atoms with E-state index in [0.717, 1.165) is 25.0 Å². The lowest BCUT2D eigenvalue weighted by Gasteiger charge is -2.30. The molecule has 1 saturated carbocycles. The minimum Gasteiger partial charge on any atom is -0.489 e. The molecule has 0 N–H and O–H groups in total. The third kappa shape index (κ3) is 2.32. The van der Waals surface area contributed by atoms with Crippen molar-refractivity contribution in [1.29, 1.82) is 0 Å². The summed E-state index contributed by atoms with van der Waals surface area (Å²) in [6.07, 6.45) is 2.18. The van der Waals surface area contributed by atoms with Crippen molar-refractivity contribution in [3.63, 3.8) is 0 Å². The van der Waals surface area contributed by atoms with Crippen LogP contribution >= 0.6 is 0 Å². The van der Waals surface area contributed by atoms with Crippen LogP contribution in [0, 0.1) is 11.6 Å². The molecule has 0 spiro atoms. The quantitative estimate of drug-likeness (QED) is 0.870. The molecular weight excluding hydrogens is 280 g/mol. The lowest BCUT2D eigenvalue weighted by Crippen LogP contribution is -2.32. The number of nitrogens with zero attached hydrogens (tertiary/aromatic N) is 3. The van der Waals surface area contributed by atoms with E-state index in [4.69, 9.17) is 9.26 Å².